The number of aliphatic hydroxyl groups is 2. The second-order valence-corrected chi connectivity index (χ2v) is 5.73. The summed E-state index contributed by atoms with van der Waals surface area (Å²) >= 11 is 0. The van der Waals surface area contributed by atoms with Crippen LogP contribution < -0.4 is 0 Å². The van der Waals surface area contributed by atoms with Gasteiger partial charge in [-0.3, -0.25) is 0 Å². The first-order valence-corrected chi connectivity index (χ1v) is 6.90. The molecule has 0 saturated carbocycles. The fourth-order valence-electron chi connectivity index (χ4n) is 2.51. The van der Waals surface area contributed by atoms with Crippen LogP contribution in [0.1, 0.15) is 38.3 Å². The highest BCUT2D eigenvalue weighted by molar-refractivity contribution is 5.72. The highest BCUT2D eigenvalue weighted by Crippen LogP contribution is 2.42. The van der Waals surface area contributed by atoms with Gasteiger partial charge in [-0.15, -0.1) is 5.10 Å². The van der Waals surface area contributed by atoms with Gasteiger partial charge < -0.3 is 14.9 Å². The van der Waals surface area contributed by atoms with Crippen LogP contribution in [-0.2, 0) is 4.74 Å². The number of aliphatic hydroxyl groups excluding tert-OH is 2. The average Bonchev–Trinajstić information content (AvgIpc) is 2.94. The molecule has 2 N–H and O–H groups in total. The lowest BCUT2D eigenvalue weighted by Gasteiger charge is -2.24. The summed E-state index contributed by atoms with van der Waals surface area (Å²) < 4.78 is 34.4. The Morgan fingerprint density at radius 2 is 2.14 bits per heavy atom. The zero-order valence-electron chi connectivity index (χ0n) is 12.8. The predicted molar refractivity (Wildman–Crippen MR) is 79.0 cm³/mol. The molecule has 1 aliphatic heterocycles. The maximum Gasteiger partial charge on any atom is 0.205 e. The topological polar surface area (TPSA) is 67.0 Å². The molecule has 1 aliphatic rings. The minimum Gasteiger partial charge on any atom is -0.393 e. The van der Waals surface area contributed by atoms with E-state index in [-0.39, 0.29) is 5.69 Å². The first-order valence-electron chi connectivity index (χ1n) is 6.90. The Labute approximate surface area is 127 Å². The first-order chi connectivity index (χ1) is 10.2. The number of halogens is 2. The summed E-state index contributed by atoms with van der Waals surface area (Å²) in [5.41, 5.74) is -0.0411. The minimum absolute atomic E-state index is 0.249. The summed E-state index contributed by atoms with van der Waals surface area (Å²) in [4.78, 5) is 0. The smallest absolute Gasteiger partial charge is 0.205 e. The molecule has 0 aliphatic carbocycles. The van der Waals surface area contributed by atoms with E-state index in [1.807, 2.05) is 0 Å². The summed E-state index contributed by atoms with van der Waals surface area (Å²) in [5, 5.41) is 23.0. The molecule has 0 amide bonds. The molecular weight excluding hydrogens is 294 g/mol. The van der Waals surface area contributed by atoms with Crippen LogP contribution >= 0.6 is 0 Å². The van der Waals surface area contributed by atoms with Crippen LogP contribution in [0.2, 0.25) is 0 Å². The molecule has 22 heavy (non-hydrogen) atoms. The van der Waals surface area contributed by atoms with Crippen LogP contribution in [0.5, 0.6) is 0 Å². The minimum atomic E-state index is -1.76. The fraction of sp³-hybridized carbons (Fsp3) is 0.533. The number of ether oxygens (including phenoxy) is 1. The van der Waals surface area contributed by atoms with Gasteiger partial charge in [-0.1, -0.05) is 6.58 Å². The van der Waals surface area contributed by atoms with E-state index in [4.69, 9.17) is 4.74 Å². The molecule has 1 fully saturated rings. The number of nitrogens with zero attached hydrogens (tertiary/aromatic N) is 2. The van der Waals surface area contributed by atoms with E-state index in [0.29, 0.717) is 11.3 Å². The fourth-order valence-corrected chi connectivity index (χ4v) is 2.51. The van der Waals surface area contributed by atoms with Crippen molar-refractivity contribution >= 4 is 11.5 Å². The van der Waals surface area contributed by atoms with Crippen LogP contribution in [-0.4, -0.2) is 45.3 Å². The van der Waals surface area contributed by atoms with Crippen molar-refractivity contribution in [3.05, 3.63) is 30.1 Å². The van der Waals surface area contributed by atoms with Crippen molar-refractivity contribution in [1.29, 1.82) is 0 Å². The SMILES string of the molecule is C=C(C)c1ccc(C2OC(C)(CO)C(O)C2F)n1N=C(C)F. The Morgan fingerprint density at radius 1 is 1.50 bits per heavy atom. The number of hydrogen-bond acceptors (Lipinski definition) is 4. The third-order valence-corrected chi connectivity index (χ3v) is 3.78. The van der Waals surface area contributed by atoms with Crippen molar-refractivity contribution in [2.75, 3.05) is 6.61 Å². The molecule has 0 bridgehead atoms. The van der Waals surface area contributed by atoms with Gasteiger partial charge in [-0.05, 0) is 31.6 Å². The Hall–Kier alpha value is -1.57. The van der Waals surface area contributed by atoms with Gasteiger partial charge in [0.1, 0.15) is 17.8 Å². The van der Waals surface area contributed by atoms with Crippen LogP contribution in [0.15, 0.2) is 23.8 Å². The van der Waals surface area contributed by atoms with E-state index in [9.17, 15) is 19.0 Å². The summed E-state index contributed by atoms with van der Waals surface area (Å²) in [6.07, 6.45) is -4.42. The Morgan fingerprint density at radius 3 is 2.59 bits per heavy atom. The summed E-state index contributed by atoms with van der Waals surface area (Å²) in [7, 11) is 0. The monoisotopic (exact) mass is 314 g/mol. The number of hydrogen-bond donors (Lipinski definition) is 2. The first kappa shape index (κ1) is 16.8. The molecule has 1 saturated heterocycles. The normalized spacial score (nSPS) is 32.5. The van der Waals surface area contributed by atoms with E-state index in [1.54, 1.807) is 19.1 Å². The Kier molecular flexibility index (Phi) is 4.51. The quantitative estimate of drug-likeness (QED) is 0.837. The molecular formula is C15H20F2N2O3. The molecule has 7 heteroatoms. The van der Waals surface area contributed by atoms with E-state index in [0.717, 1.165) is 0 Å². The van der Waals surface area contributed by atoms with Gasteiger partial charge in [0.05, 0.1) is 18.0 Å². The standard InChI is InChI=1S/C15H20F2N2O3/c1-8(2)10-5-6-11(19(10)18-9(3)16)13-12(17)14(21)15(4,7-20)22-13/h5-6,12-14,20-21H,1,7H2,2-4H3. The van der Waals surface area contributed by atoms with E-state index in [2.05, 4.69) is 11.7 Å². The lowest BCUT2D eigenvalue weighted by Crippen LogP contribution is -2.42. The molecule has 0 aromatic carbocycles. The molecule has 2 heterocycles. The van der Waals surface area contributed by atoms with Crippen molar-refractivity contribution < 1.29 is 23.7 Å². The molecule has 0 radical (unpaired) electrons. The third kappa shape index (κ3) is 2.71. The predicted octanol–water partition coefficient (Wildman–Crippen LogP) is 2.19. The lowest BCUT2D eigenvalue weighted by molar-refractivity contribution is -0.101. The lowest BCUT2D eigenvalue weighted by atomic mass is 9.98. The van der Waals surface area contributed by atoms with Gasteiger partial charge in [-0.2, -0.15) is 4.39 Å². The summed E-state index contributed by atoms with van der Waals surface area (Å²) in [6, 6.07) is 3.17. The zero-order chi connectivity index (χ0) is 16.7. The third-order valence-electron chi connectivity index (χ3n) is 3.78. The number of alkyl halides is 1. The second kappa shape index (κ2) is 5.91. The summed E-state index contributed by atoms with van der Waals surface area (Å²) in [5.74, 6) is -0.709. The van der Waals surface area contributed by atoms with Crippen molar-refractivity contribution in [3.63, 3.8) is 0 Å². The highest BCUT2D eigenvalue weighted by Gasteiger charge is 2.53. The zero-order valence-corrected chi connectivity index (χ0v) is 12.8. The number of allylic oxidation sites excluding steroid dienone is 1. The van der Waals surface area contributed by atoms with Crippen LogP contribution in [0, 0.1) is 0 Å². The highest BCUT2D eigenvalue weighted by atomic mass is 19.1. The molecule has 4 atom stereocenters. The van der Waals surface area contributed by atoms with Crippen LogP contribution in [0.25, 0.3) is 5.57 Å². The van der Waals surface area contributed by atoms with Crippen LogP contribution in [0.3, 0.4) is 0 Å². The van der Waals surface area contributed by atoms with Gasteiger partial charge in [-0.25, -0.2) is 9.07 Å². The van der Waals surface area contributed by atoms with Crippen molar-refractivity contribution in [1.82, 2.24) is 4.68 Å². The Bertz CT molecular complexity index is 610. The van der Waals surface area contributed by atoms with Gasteiger partial charge in [0.15, 0.2) is 6.17 Å². The molecule has 1 aromatic heterocycles. The molecule has 4 unspecified atom stereocenters. The van der Waals surface area contributed by atoms with Gasteiger partial charge in [0.2, 0.25) is 5.97 Å². The molecule has 122 valence electrons. The second-order valence-electron chi connectivity index (χ2n) is 5.73. The van der Waals surface area contributed by atoms with Crippen LogP contribution in [0.4, 0.5) is 8.78 Å². The largest absolute Gasteiger partial charge is 0.393 e. The van der Waals surface area contributed by atoms with E-state index < -0.39 is 36.6 Å². The number of rotatable bonds is 4. The van der Waals surface area contributed by atoms with E-state index >= 15 is 0 Å². The molecule has 5 nitrogen and oxygen atoms in total. The van der Waals surface area contributed by atoms with Gasteiger partial charge in [0.25, 0.3) is 0 Å². The molecule has 1 aromatic rings. The maximum atomic E-state index is 14.4. The average molecular weight is 314 g/mol. The molecule has 2 rings (SSSR count). The van der Waals surface area contributed by atoms with Gasteiger partial charge >= 0.3 is 0 Å². The number of aromatic nitrogens is 1. The van der Waals surface area contributed by atoms with Crippen molar-refractivity contribution in [3.8, 4) is 0 Å². The maximum absolute atomic E-state index is 14.4. The molecule has 0 spiro atoms. The van der Waals surface area contributed by atoms with Crippen molar-refractivity contribution in [2.45, 2.75) is 44.8 Å². The van der Waals surface area contributed by atoms with Crippen molar-refractivity contribution in [2.24, 2.45) is 5.10 Å². The summed E-state index contributed by atoms with van der Waals surface area (Å²) in [6.45, 7) is 7.54. The Balaban J connectivity index is 2.50. The van der Waals surface area contributed by atoms with E-state index in [1.165, 1.54) is 18.5 Å². The van der Waals surface area contributed by atoms with Gasteiger partial charge in [0, 0.05) is 6.92 Å².